The fourth-order valence-corrected chi connectivity index (χ4v) is 4.54. The van der Waals surface area contributed by atoms with Gasteiger partial charge in [-0.1, -0.05) is 65.9 Å². The van der Waals surface area contributed by atoms with Crippen LogP contribution in [0.25, 0.3) is 10.9 Å². The van der Waals surface area contributed by atoms with E-state index in [2.05, 4.69) is 15.6 Å². The maximum Gasteiger partial charge on any atom is 0.328 e. The Morgan fingerprint density at radius 1 is 0.900 bits per heavy atom. The predicted octanol–water partition coefficient (Wildman–Crippen LogP) is 3.12. The van der Waals surface area contributed by atoms with E-state index in [0.717, 1.165) is 11.1 Å². The minimum absolute atomic E-state index is 0.0766. The van der Waals surface area contributed by atoms with Crippen molar-refractivity contribution < 1.29 is 24.2 Å². The van der Waals surface area contributed by atoms with Crippen LogP contribution in [0.5, 0.6) is 5.75 Å². The summed E-state index contributed by atoms with van der Waals surface area (Å²) in [6.45, 7) is 0.922. The Morgan fingerprint density at radius 2 is 1.62 bits per heavy atom. The quantitative estimate of drug-likeness (QED) is 0.159. The lowest BCUT2D eigenvalue weighted by Crippen LogP contribution is -2.45. The van der Waals surface area contributed by atoms with Gasteiger partial charge in [0.15, 0.2) is 0 Å². The molecule has 5 aromatic rings. The monoisotopic (exact) mass is 537 g/mol. The summed E-state index contributed by atoms with van der Waals surface area (Å²) in [6.07, 6.45) is 3.56. The number of carbonyl (C=O) groups is 3. The van der Waals surface area contributed by atoms with E-state index >= 15 is 0 Å². The molecule has 0 aliphatic heterocycles. The minimum atomic E-state index is -1.08. The summed E-state index contributed by atoms with van der Waals surface area (Å²) in [7, 11) is 1.21. The molecule has 2 N–H and O–H groups in total. The lowest BCUT2D eigenvalue weighted by atomic mass is 10.0. The molecule has 0 aliphatic rings. The number of hydrogen-bond donors (Lipinski definition) is 2. The summed E-state index contributed by atoms with van der Waals surface area (Å²) >= 11 is 0. The molecule has 0 fully saturated rings. The summed E-state index contributed by atoms with van der Waals surface area (Å²) in [5, 5.41) is 21.1. The number of Topliss-reactive ketones (excluding diaryl/α,β-unsaturated/α-hetero) is 1. The van der Waals surface area contributed by atoms with E-state index in [4.69, 9.17) is 4.74 Å². The van der Waals surface area contributed by atoms with E-state index in [1.807, 2.05) is 53.2 Å². The van der Waals surface area contributed by atoms with E-state index in [0.29, 0.717) is 29.7 Å². The average Bonchev–Trinajstić information content (AvgIpc) is 3.57. The number of hydrogen-bond acceptors (Lipinski definition) is 7. The number of aromatic hydroxyl groups is 1. The van der Waals surface area contributed by atoms with Crippen LogP contribution in [0.15, 0.2) is 91.3 Å². The molecular formula is C30H27N5O5. The van der Waals surface area contributed by atoms with Crippen molar-refractivity contribution in [2.45, 2.75) is 25.6 Å². The largest absolute Gasteiger partial charge is 0.508 e. The van der Waals surface area contributed by atoms with Crippen LogP contribution in [0.3, 0.4) is 0 Å². The molecule has 202 valence electrons. The third-order valence-corrected chi connectivity index (χ3v) is 6.51. The Bertz CT molecular complexity index is 1660. The molecular weight excluding hydrogens is 510 g/mol. The highest BCUT2D eigenvalue weighted by atomic mass is 16.5. The van der Waals surface area contributed by atoms with Gasteiger partial charge in [-0.15, -0.1) is 5.10 Å². The third-order valence-electron chi connectivity index (χ3n) is 6.51. The van der Waals surface area contributed by atoms with Crippen molar-refractivity contribution in [2.75, 3.05) is 7.11 Å². The fraction of sp³-hybridized carbons (Fsp3) is 0.167. The van der Waals surface area contributed by atoms with Gasteiger partial charge in [-0.3, -0.25) is 9.59 Å². The standard InChI is InChI=1S/C30H27N5O5/c1-40-30(39)26(15-20-11-13-23(36)14-12-20)31-29(38)28(37)25-19-34(27-10-6-5-9-24(25)27)17-22-18-35(33-32-22)16-21-7-3-2-4-8-21/h2-14,18-19,26,36H,15-17H2,1H3,(H,31,38)/t26-/m0/s1. The van der Waals surface area contributed by atoms with Crippen molar-refractivity contribution in [2.24, 2.45) is 0 Å². The van der Waals surface area contributed by atoms with Gasteiger partial charge in [0.1, 0.15) is 17.5 Å². The Kier molecular flexibility index (Phi) is 7.68. The van der Waals surface area contributed by atoms with Gasteiger partial charge in [0.25, 0.3) is 11.7 Å². The van der Waals surface area contributed by atoms with Crippen molar-refractivity contribution >= 4 is 28.6 Å². The molecule has 0 radical (unpaired) electrons. The number of ketones is 1. The number of amides is 1. The number of nitrogens with zero attached hydrogens (tertiary/aromatic N) is 4. The number of phenolic OH excluding ortho intramolecular Hbond substituents is 1. The number of nitrogens with one attached hydrogen (secondary N) is 1. The minimum Gasteiger partial charge on any atom is -0.508 e. The molecule has 1 amide bonds. The molecule has 0 spiro atoms. The number of phenols is 1. The van der Waals surface area contributed by atoms with Gasteiger partial charge in [-0.25, -0.2) is 9.48 Å². The Labute approximate surface area is 229 Å². The molecule has 0 saturated heterocycles. The molecule has 2 heterocycles. The van der Waals surface area contributed by atoms with Gasteiger partial charge in [-0.2, -0.15) is 0 Å². The summed E-state index contributed by atoms with van der Waals surface area (Å²) in [5.41, 5.74) is 3.43. The molecule has 10 nitrogen and oxygen atoms in total. The zero-order chi connectivity index (χ0) is 28.1. The second kappa shape index (κ2) is 11.6. The zero-order valence-electron chi connectivity index (χ0n) is 21.7. The number of carbonyl (C=O) groups excluding carboxylic acids is 3. The third kappa shape index (κ3) is 5.91. The van der Waals surface area contributed by atoms with Crippen LogP contribution in [-0.4, -0.2) is 55.5 Å². The summed E-state index contributed by atoms with van der Waals surface area (Å²) < 4.78 is 8.44. The molecule has 0 bridgehead atoms. The number of aromatic nitrogens is 4. The highest BCUT2D eigenvalue weighted by Gasteiger charge is 2.28. The van der Waals surface area contributed by atoms with Crippen LogP contribution in [0.4, 0.5) is 0 Å². The predicted molar refractivity (Wildman–Crippen MR) is 147 cm³/mol. The van der Waals surface area contributed by atoms with E-state index in [-0.39, 0.29) is 17.7 Å². The van der Waals surface area contributed by atoms with Crippen LogP contribution in [0.2, 0.25) is 0 Å². The fourth-order valence-electron chi connectivity index (χ4n) is 4.54. The molecule has 2 aromatic heterocycles. The Morgan fingerprint density at radius 3 is 2.38 bits per heavy atom. The van der Waals surface area contributed by atoms with Gasteiger partial charge in [-0.05, 0) is 29.3 Å². The number of esters is 1. The van der Waals surface area contributed by atoms with Gasteiger partial charge in [0.2, 0.25) is 0 Å². The van der Waals surface area contributed by atoms with Crippen molar-refractivity contribution in [3.8, 4) is 5.75 Å². The van der Waals surface area contributed by atoms with Crippen molar-refractivity contribution in [3.05, 3.63) is 114 Å². The number of methoxy groups -OCH3 is 1. The first-order chi connectivity index (χ1) is 19.4. The average molecular weight is 538 g/mol. The van der Waals surface area contributed by atoms with Gasteiger partial charge < -0.3 is 19.7 Å². The summed E-state index contributed by atoms with van der Waals surface area (Å²) in [6, 6.07) is 22.3. The number of benzene rings is 3. The molecule has 5 rings (SSSR count). The van der Waals surface area contributed by atoms with Crippen LogP contribution < -0.4 is 5.32 Å². The van der Waals surface area contributed by atoms with E-state index < -0.39 is 23.7 Å². The van der Waals surface area contributed by atoms with Gasteiger partial charge >= 0.3 is 5.97 Å². The highest BCUT2D eigenvalue weighted by Crippen LogP contribution is 2.23. The number of fused-ring (bicyclic) bond motifs is 1. The highest BCUT2D eigenvalue weighted by molar-refractivity contribution is 6.45. The molecule has 0 aliphatic carbocycles. The van der Waals surface area contributed by atoms with Gasteiger partial charge in [0, 0.05) is 23.5 Å². The Balaban J connectivity index is 1.35. The van der Waals surface area contributed by atoms with Crippen LogP contribution in [-0.2, 0) is 33.8 Å². The normalized spacial score (nSPS) is 11.7. The van der Waals surface area contributed by atoms with Crippen LogP contribution in [0.1, 0.15) is 27.2 Å². The van der Waals surface area contributed by atoms with E-state index in [1.54, 1.807) is 35.1 Å². The van der Waals surface area contributed by atoms with Crippen LogP contribution >= 0.6 is 0 Å². The second-order valence-corrected chi connectivity index (χ2v) is 9.33. The molecule has 3 aromatic carbocycles. The molecule has 1 atom stereocenters. The van der Waals surface area contributed by atoms with Gasteiger partial charge in [0.05, 0.1) is 32.0 Å². The van der Waals surface area contributed by atoms with Crippen LogP contribution in [0, 0.1) is 0 Å². The summed E-state index contributed by atoms with van der Waals surface area (Å²) in [4.78, 5) is 38.8. The number of rotatable bonds is 10. The van der Waals surface area contributed by atoms with Crippen molar-refractivity contribution in [1.29, 1.82) is 0 Å². The lowest BCUT2D eigenvalue weighted by Gasteiger charge is -2.16. The number of para-hydroxylation sites is 1. The SMILES string of the molecule is COC(=O)[C@H](Cc1ccc(O)cc1)NC(=O)C(=O)c1cn(Cc2cn(Cc3ccccc3)nn2)c2ccccc12. The summed E-state index contributed by atoms with van der Waals surface area (Å²) in [5.74, 6) is -2.31. The van der Waals surface area contributed by atoms with E-state index in [1.165, 1.54) is 19.2 Å². The Hall–Kier alpha value is -5.25. The zero-order valence-corrected chi connectivity index (χ0v) is 21.7. The second-order valence-electron chi connectivity index (χ2n) is 9.33. The maximum absolute atomic E-state index is 13.3. The van der Waals surface area contributed by atoms with Crippen molar-refractivity contribution in [1.82, 2.24) is 24.9 Å². The first kappa shape index (κ1) is 26.4. The first-order valence-electron chi connectivity index (χ1n) is 12.6. The topological polar surface area (TPSA) is 128 Å². The molecule has 40 heavy (non-hydrogen) atoms. The van der Waals surface area contributed by atoms with Crippen molar-refractivity contribution in [3.63, 3.8) is 0 Å². The molecule has 0 saturated carbocycles. The number of ether oxygens (including phenoxy) is 1. The smallest absolute Gasteiger partial charge is 0.328 e. The lowest BCUT2D eigenvalue weighted by molar-refractivity contribution is -0.144. The maximum atomic E-state index is 13.3. The first-order valence-corrected chi connectivity index (χ1v) is 12.6. The molecule has 0 unspecified atom stereocenters. The van der Waals surface area contributed by atoms with E-state index in [9.17, 15) is 19.5 Å². The molecule has 10 heteroatoms.